The first-order valence-electron chi connectivity index (χ1n) is 4.36. The molecule has 0 saturated heterocycles. The van der Waals surface area contributed by atoms with Gasteiger partial charge in [-0.3, -0.25) is 9.36 Å². The number of hydrogen-bond donors (Lipinski definition) is 1. The number of aromatic nitrogens is 2. The van der Waals surface area contributed by atoms with Gasteiger partial charge in [-0.05, 0) is 11.7 Å². The summed E-state index contributed by atoms with van der Waals surface area (Å²) in [5, 5.41) is 0. The molecule has 0 aromatic carbocycles. The number of hydrogen-bond acceptors (Lipinski definition) is 3. The molecule has 0 spiro atoms. The highest BCUT2D eigenvalue weighted by molar-refractivity contribution is 7.80. The molecular formula is C9H14N2O2S. The molecule has 1 aromatic heterocycles. The minimum Gasteiger partial charge on any atom is -0.303 e. The van der Waals surface area contributed by atoms with E-state index in [2.05, 4.69) is 12.6 Å². The van der Waals surface area contributed by atoms with Crippen molar-refractivity contribution in [3.63, 3.8) is 0 Å². The summed E-state index contributed by atoms with van der Waals surface area (Å²) in [6.45, 7) is 1.91. The lowest BCUT2D eigenvalue weighted by molar-refractivity contribution is 0.655. The van der Waals surface area contributed by atoms with Gasteiger partial charge in [-0.25, -0.2) is 4.79 Å². The van der Waals surface area contributed by atoms with Crippen molar-refractivity contribution >= 4 is 12.6 Å². The van der Waals surface area contributed by atoms with Crippen LogP contribution in [0.15, 0.2) is 15.8 Å². The zero-order valence-electron chi connectivity index (χ0n) is 8.52. The third-order valence-electron chi connectivity index (χ3n) is 2.28. The van der Waals surface area contributed by atoms with Gasteiger partial charge in [0.15, 0.2) is 0 Å². The van der Waals surface area contributed by atoms with Crippen molar-refractivity contribution < 1.29 is 0 Å². The summed E-state index contributed by atoms with van der Waals surface area (Å²) in [6.07, 6.45) is 1.59. The zero-order chi connectivity index (χ0) is 10.9. The van der Waals surface area contributed by atoms with Gasteiger partial charge in [0.25, 0.3) is 5.56 Å². The Labute approximate surface area is 87.6 Å². The van der Waals surface area contributed by atoms with Crippen molar-refractivity contribution in [2.24, 2.45) is 14.1 Å². The topological polar surface area (TPSA) is 44.0 Å². The quantitative estimate of drug-likeness (QED) is 0.711. The Kier molecular flexibility index (Phi) is 3.21. The largest absolute Gasteiger partial charge is 0.330 e. The first-order chi connectivity index (χ1) is 6.49. The Morgan fingerprint density at radius 2 is 2.00 bits per heavy atom. The van der Waals surface area contributed by atoms with E-state index in [1.807, 2.05) is 6.92 Å². The van der Waals surface area contributed by atoms with Gasteiger partial charge < -0.3 is 4.57 Å². The third kappa shape index (κ3) is 1.77. The predicted octanol–water partition coefficient (Wildman–Crippen LogP) is 0.117. The Bertz CT molecular complexity index is 447. The predicted molar refractivity (Wildman–Crippen MR) is 59.2 cm³/mol. The van der Waals surface area contributed by atoms with Gasteiger partial charge in [0.2, 0.25) is 0 Å². The molecule has 1 aromatic rings. The van der Waals surface area contributed by atoms with E-state index in [0.717, 1.165) is 4.57 Å². The van der Waals surface area contributed by atoms with Crippen LogP contribution < -0.4 is 11.2 Å². The van der Waals surface area contributed by atoms with Crippen LogP contribution >= 0.6 is 12.6 Å². The zero-order valence-corrected chi connectivity index (χ0v) is 9.41. The molecule has 0 radical (unpaired) electrons. The van der Waals surface area contributed by atoms with Crippen molar-refractivity contribution in [2.75, 3.05) is 5.75 Å². The Hall–Kier alpha value is -0.970. The summed E-state index contributed by atoms with van der Waals surface area (Å²) in [7, 11) is 3.12. The van der Waals surface area contributed by atoms with E-state index in [1.165, 1.54) is 11.6 Å². The maximum atomic E-state index is 11.7. The fraction of sp³-hybridized carbons (Fsp3) is 0.556. The second-order valence-corrected chi connectivity index (χ2v) is 3.79. The molecule has 78 valence electrons. The van der Waals surface area contributed by atoms with E-state index in [0.29, 0.717) is 11.3 Å². The van der Waals surface area contributed by atoms with Gasteiger partial charge in [0.1, 0.15) is 0 Å². The molecule has 0 amide bonds. The van der Waals surface area contributed by atoms with Crippen molar-refractivity contribution in [1.82, 2.24) is 9.13 Å². The summed E-state index contributed by atoms with van der Waals surface area (Å²) in [6, 6.07) is 0. The van der Waals surface area contributed by atoms with Crippen molar-refractivity contribution in [2.45, 2.75) is 12.8 Å². The first kappa shape index (κ1) is 11.1. The molecule has 1 heterocycles. The van der Waals surface area contributed by atoms with E-state index in [9.17, 15) is 9.59 Å². The van der Waals surface area contributed by atoms with Crippen LogP contribution in [0.3, 0.4) is 0 Å². The van der Waals surface area contributed by atoms with Gasteiger partial charge in [0, 0.05) is 25.9 Å². The highest BCUT2D eigenvalue weighted by Crippen LogP contribution is 2.10. The molecule has 1 rings (SSSR count). The molecule has 0 bridgehead atoms. The van der Waals surface area contributed by atoms with Gasteiger partial charge in [-0.2, -0.15) is 12.6 Å². The van der Waals surface area contributed by atoms with E-state index in [-0.39, 0.29) is 17.2 Å². The van der Waals surface area contributed by atoms with Crippen molar-refractivity contribution in [3.8, 4) is 0 Å². The molecule has 0 aliphatic carbocycles. The maximum absolute atomic E-state index is 11.7. The molecule has 0 saturated carbocycles. The lowest BCUT2D eigenvalue weighted by atomic mass is 10.1. The van der Waals surface area contributed by atoms with Crippen LogP contribution in [-0.2, 0) is 14.1 Å². The Morgan fingerprint density at radius 3 is 2.50 bits per heavy atom. The van der Waals surface area contributed by atoms with Crippen molar-refractivity contribution in [1.29, 1.82) is 0 Å². The minimum atomic E-state index is -0.301. The smallest absolute Gasteiger partial charge is 0.303 e. The normalized spacial score (nSPS) is 12.9. The fourth-order valence-corrected chi connectivity index (χ4v) is 1.47. The molecule has 1 unspecified atom stereocenters. The molecular weight excluding hydrogens is 200 g/mol. The maximum Gasteiger partial charge on any atom is 0.330 e. The van der Waals surface area contributed by atoms with Gasteiger partial charge in [-0.1, -0.05) is 6.92 Å². The second-order valence-electron chi connectivity index (χ2n) is 3.43. The number of aryl methyl sites for hydroxylation is 1. The molecule has 0 aliphatic rings. The molecule has 5 heteroatoms. The lowest BCUT2D eigenvalue weighted by Crippen LogP contribution is -2.39. The summed E-state index contributed by atoms with van der Waals surface area (Å²) >= 11 is 4.13. The lowest BCUT2D eigenvalue weighted by Gasteiger charge is -2.10. The van der Waals surface area contributed by atoms with Crippen LogP contribution in [0, 0.1) is 0 Å². The second kappa shape index (κ2) is 4.04. The van der Waals surface area contributed by atoms with Crippen LogP contribution in [0.4, 0.5) is 0 Å². The van der Waals surface area contributed by atoms with Crippen LogP contribution in [0.25, 0.3) is 0 Å². The van der Waals surface area contributed by atoms with Crippen LogP contribution in [0.1, 0.15) is 18.4 Å². The molecule has 14 heavy (non-hydrogen) atoms. The molecule has 1 atom stereocenters. The average Bonchev–Trinajstić information content (AvgIpc) is 2.19. The van der Waals surface area contributed by atoms with Crippen LogP contribution in [-0.4, -0.2) is 14.9 Å². The molecule has 0 N–H and O–H groups in total. The summed E-state index contributed by atoms with van der Waals surface area (Å²) in [5.41, 5.74) is 0.101. The highest BCUT2D eigenvalue weighted by atomic mass is 32.1. The van der Waals surface area contributed by atoms with Gasteiger partial charge in [-0.15, -0.1) is 0 Å². The van der Waals surface area contributed by atoms with Gasteiger partial charge >= 0.3 is 5.69 Å². The first-order valence-corrected chi connectivity index (χ1v) is 4.99. The minimum absolute atomic E-state index is 0.0591. The van der Waals surface area contributed by atoms with E-state index in [1.54, 1.807) is 13.2 Å². The molecule has 4 nitrogen and oxygen atoms in total. The highest BCUT2D eigenvalue weighted by Gasteiger charge is 2.11. The average molecular weight is 214 g/mol. The van der Waals surface area contributed by atoms with Gasteiger partial charge in [0.05, 0.1) is 0 Å². The van der Waals surface area contributed by atoms with E-state index in [4.69, 9.17) is 0 Å². The monoisotopic (exact) mass is 214 g/mol. The number of rotatable bonds is 2. The molecule has 0 aliphatic heterocycles. The molecule has 0 fully saturated rings. The number of thiol groups is 1. The van der Waals surface area contributed by atoms with E-state index >= 15 is 0 Å². The summed E-state index contributed by atoms with van der Waals surface area (Å²) in [5.74, 6) is 0.650. The van der Waals surface area contributed by atoms with E-state index < -0.39 is 0 Å². The van der Waals surface area contributed by atoms with Crippen LogP contribution in [0.5, 0.6) is 0 Å². The fourth-order valence-electron chi connectivity index (χ4n) is 1.27. The standard InChI is InChI=1S/C9H14N2O2S/c1-6(5-14)7-4-10(2)9(13)11(3)8(7)12/h4,6,14H,5H2,1-3H3. The van der Waals surface area contributed by atoms with Crippen LogP contribution in [0.2, 0.25) is 0 Å². The summed E-state index contributed by atoms with van der Waals surface area (Å²) in [4.78, 5) is 23.0. The van der Waals surface area contributed by atoms with Crippen molar-refractivity contribution in [3.05, 3.63) is 32.6 Å². The third-order valence-corrected chi connectivity index (χ3v) is 2.83. The SMILES string of the molecule is CC(CS)c1cn(C)c(=O)n(C)c1=O. The Balaban J connectivity index is 3.49. The summed E-state index contributed by atoms with van der Waals surface area (Å²) < 4.78 is 2.53. The Morgan fingerprint density at radius 1 is 1.43 bits per heavy atom. The number of nitrogens with zero attached hydrogens (tertiary/aromatic N) is 2.